The Balaban J connectivity index is 4.18. The molecule has 15 heavy (non-hydrogen) atoms. The number of rotatable bonds is 10. The average molecular weight is 253 g/mol. The minimum absolute atomic E-state index is 0.597. The lowest BCUT2D eigenvalue weighted by molar-refractivity contribution is 0.0600. The van der Waals surface area contributed by atoms with Crippen LogP contribution < -0.4 is 4.98 Å². The second-order valence-electron chi connectivity index (χ2n) is 2.86. The first-order chi connectivity index (χ1) is 7.24. The summed E-state index contributed by atoms with van der Waals surface area (Å²) in [5.41, 5.74) is 0. The lowest BCUT2D eigenvalue weighted by Crippen LogP contribution is -2.59. The Morgan fingerprint density at radius 1 is 1.00 bits per heavy atom. The Labute approximate surface area is 99.5 Å². The molecule has 0 unspecified atom stereocenters. The quantitative estimate of drug-likeness (QED) is 0.351. The number of nitrogens with one attached hydrogen (secondary N) is 1. The van der Waals surface area contributed by atoms with E-state index >= 15 is 0 Å². The molecule has 0 saturated carbocycles. The monoisotopic (exact) mass is 253 g/mol. The maximum atomic E-state index is 5.62. The predicted octanol–water partition coefficient (Wildman–Crippen LogP) is 1.44. The molecule has 0 aromatic rings. The highest BCUT2D eigenvalue weighted by Gasteiger charge is 2.40. The molecule has 92 valence electrons. The first-order valence-electron chi connectivity index (χ1n) is 5.52. The van der Waals surface area contributed by atoms with Gasteiger partial charge in [-0.15, -0.1) is 0 Å². The van der Waals surface area contributed by atoms with Crippen LogP contribution in [0.25, 0.3) is 0 Å². The third-order valence-corrected chi connectivity index (χ3v) is 4.68. The standard InChI is InChI=1S/C9H23NO3SSi/c1-4-11-15(12-5-2,13-6-3)10-8-7-9-14/h10,14H,4-9H2,1-3H3. The van der Waals surface area contributed by atoms with Crippen LogP contribution in [0.2, 0.25) is 0 Å². The van der Waals surface area contributed by atoms with Gasteiger partial charge < -0.3 is 13.3 Å². The van der Waals surface area contributed by atoms with Crippen molar-refractivity contribution in [2.45, 2.75) is 27.2 Å². The molecule has 0 aliphatic carbocycles. The molecule has 0 spiro atoms. The first-order valence-corrected chi connectivity index (χ1v) is 7.88. The van der Waals surface area contributed by atoms with Gasteiger partial charge in [0.15, 0.2) is 0 Å². The SMILES string of the molecule is CCO[Si](NCCCS)(OCC)OCC. The lowest BCUT2D eigenvalue weighted by atomic mass is 10.5. The van der Waals surface area contributed by atoms with Crippen molar-refractivity contribution >= 4 is 21.6 Å². The van der Waals surface area contributed by atoms with E-state index in [1.165, 1.54) is 0 Å². The molecular formula is C9H23NO3SSi. The van der Waals surface area contributed by atoms with Crippen LogP contribution in [0.3, 0.4) is 0 Å². The van der Waals surface area contributed by atoms with E-state index in [-0.39, 0.29) is 0 Å². The average Bonchev–Trinajstić information content (AvgIpc) is 2.19. The van der Waals surface area contributed by atoms with Crippen molar-refractivity contribution in [3.63, 3.8) is 0 Å². The van der Waals surface area contributed by atoms with Gasteiger partial charge in [0.05, 0.1) is 0 Å². The molecule has 1 N–H and O–H groups in total. The van der Waals surface area contributed by atoms with Crippen molar-refractivity contribution in [2.24, 2.45) is 0 Å². The van der Waals surface area contributed by atoms with Gasteiger partial charge in [0.1, 0.15) is 0 Å². The van der Waals surface area contributed by atoms with Gasteiger partial charge in [-0.25, -0.2) is 0 Å². The number of hydrogen-bond donors (Lipinski definition) is 2. The van der Waals surface area contributed by atoms with Crippen molar-refractivity contribution in [1.82, 2.24) is 4.98 Å². The van der Waals surface area contributed by atoms with Crippen LogP contribution in [0, 0.1) is 0 Å². The summed E-state index contributed by atoms with van der Waals surface area (Å²) in [6.45, 7) is 8.44. The Kier molecular flexibility index (Phi) is 9.88. The summed E-state index contributed by atoms with van der Waals surface area (Å²) in [6.07, 6.45) is 0.977. The Morgan fingerprint density at radius 3 is 1.80 bits per heavy atom. The summed E-state index contributed by atoms with van der Waals surface area (Å²) in [5.74, 6) is 0.849. The van der Waals surface area contributed by atoms with Gasteiger partial charge >= 0.3 is 8.97 Å². The second kappa shape index (κ2) is 9.62. The van der Waals surface area contributed by atoms with Crippen LogP contribution >= 0.6 is 12.6 Å². The molecule has 0 heterocycles. The molecule has 0 radical (unpaired) electrons. The van der Waals surface area contributed by atoms with Crippen molar-refractivity contribution in [1.29, 1.82) is 0 Å². The third kappa shape index (κ3) is 6.55. The fourth-order valence-corrected chi connectivity index (χ4v) is 3.51. The van der Waals surface area contributed by atoms with Crippen LogP contribution in [0.1, 0.15) is 27.2 Å². The zero-order valence-corrected chi connectivity index (χ0v) is 11.8. The van der Waals surface area contributed by atoms with Gasteiger partial charge in [0.2, 0.25) is 0 Å². The van der Waals surface area contributed by atoms with E-state index in [0.29, 0.717) is 19.8 Å². The summed E-state index contributed by atoms with van der Waals surface area (Å²) in [7, 11) is -2.62. The summed E-state index contributed by atoms with van der Waals surface area (Å²) in [4.78, 5) is 3.26. The Morgan fingerprint density at radius 2 is 1.47 bits per heavy atom. The second-order valence-corrected chi connectivity index (χ2v) is 5.64. The van der Waals surface area contributed by atoms with Crippen LogP contribution in [0.15, 0.2) is 0 Å². The van der Waals surface area contributed by atoms with Crippen molar-refractivity contribution in [3.05, 3.63) is 0 Å². The van der Waals surface area contributed by atoms with E-state index in [4.69, 9.17) is 13.3 Å². The minimum Gasteiger partial charge on any atom is -0.361 e. The van der Waals surface area contributed by atoms with Crippen LogP contribution in [-0.4, -0.2) is 41.1 Å². The number of hydrogen-bond acceptors (Lipinski definition) is 5. The third-order valence-electron chi connectivity index (χ3n) is 1.68. The fourth-order valence-electron chi connectivity index (χ4n) is 1.17. The summed E-state index contributed by atoms with van der Waals surface area (Å²) in [6, 6.07) is 0. The zero-order chi connectivity index (χ0) is 11.6. The summed E-state index contributed by atoms with van der Waals surface area (Å²) in [5, 5.41) is 0. The van der Waals surface area contributed by atoms with Crippen LogP contribution in [-0.2, 0) is 13.3 Å². The largest absolute Gasteiger partial charge is 0.596 e. The van der Waals surface area contributed by atoms with E-state index in [1.54, 1.807) is 0 Å². The molecular weight excluding hydrogens is 230 g/mol. The van der Waals surface area contributed by atoms with Crippen LogP contribution in [0.4, 0.5) is 0 Å². The normalized spacial score (nSPS) is 12.0. The van der Waals surface area contributed by atoms with Gasteiger partial charge in [0.25, 0.3) is 0 Å². The first kappa shape index (κ1) is 15.4. The zero-order valence-electron chi connectivity index (χ0n) is 9.91. The predicted molar refractivity (Wildman–Crippen MR) is 67.1 cm³/mol. The van der Waals surface area contributed by atoms with Crippen molar-refractivity contribution in [2.75, 3.05) is 32.1 Å². The van der Waals surface area contributed by atoms with Gasteiger partial charge in [-0.05, 0) is 39.5 Å². The lowest BCUT2D eigenvalue weighted by Gasteiger charge is -2.28. The topological polar surface area (TPSA) is 39.7 Å². The molecule has 0 aliphatic rings. The highest BCUT2D eigenvalue weighted by molar-refractivity contribution is 7.80. The molecule has 0 fully saturated rings. The maximum absolute atomic E-state index is 5.62. The van der Waals surface area contributed by atoms with E-state index in [0.717, 1.165) is 18.7 Å². The highest BCUT2D eigenvalue weighted by Crippen LogP contribution is 2.06. The summed E-state index contributed by atoms with van der Waals surface area (Å²) < 4.78 is 16.8. The molecule has 0 atom stereocenters. The fraction of sp³-hybridized carbons (Fsp3) is 1.00. The Bertz CT molecular complexity index is 134. The molecule has 6 heteroatoms. The molecule has 0 bridgehead atoms. The minimum atomic E-state index is -2.62. The van der Waals surface area contributed by atoms with Gasteiger partial charge in [-0.3, -0.25) is 4.98 Å². The van der Waals surface area contributed by atoms with E-state index in [9.17, 15) is 0 Å². The van der Waals surface area contributed by atoms with Gasteiger partial charge in [0, 0.05) is 19.8 Å². The molecule has 0 aliphatic heterocycles. The smallest absolute Gasteiger partial charge is 0.361 e. The molecule has 0 aromatic heterocycles. The molecule has 0 saturated heterocycles. The van der Waals surface area contributed by atoms with Crippen LogP contribution in [0.5, 0.6) is 0 Å². The van der Waals surface area contributed by atoms with Crippen molar-refractivity contribution < 1.29 is 13.3 Å². The number of thiol groups is 1. The highest BCUT2D eigenvalue weighted by atomic mass is 32.1. The van der Waals surface area contributed by atoms with Crippen molar-refractivity contribution in [3.8, 4) is 0 Å². The summed E-state index contributed by atoms with van der Waals surface area (Å²) >= 11 is 4.16. The van der Waals surface area contributed by atoms with Gasteiger partial charge in [-0.2, -0.15) is 12.6 Å². The molecule has 4 nitrogen and oxygen atoms in total. The van der Waals surface area contributed by atoms with Gasteiger partial charge in [-0.1, -0.05) is 0 Å². The maximum Gasteiger partial charge on any atom is 0.596 e. The van der Waals surface area contributed by atoms with E-state index in [2.05, 4.69) is 17.6 Å². The molecule has 0 rings (SSSR count). The van der Waals surface area contributed by atoms with E-state index in [1.807, 2.05) is 20.8 Å². The Hall–Kier alpha value is 0.407. The van der Waals surface area contributed by atoms with E-state index < -0.39 is 8.97 Å². The molecule has 0 aromatic carbocycles. The molecule has 0 amide bonds.